The number of piperidine rings is 1. The molecule has 2 aliphatic rings. The Morgan fingerprint density at radius 3 is 2.74 bits per heavy atom. The first-order chi connectivity index (χ1) is 13.0. The monoisotopic (exact) mass is 371 g/mol. The van der Waals surface area contributed by atoms with E-state index in [1.54, 1.807) is 17.9 Å². The van der Waals surface area contributed by atoms with Crippen molar-refractivity contribution >= 4 is 11.8 Å². The highest BCUT2D eigenvalue weighted by Gasteiger charge is 2.41. The van der Waals surface area contributed by atoms with Crippen LogP contribution in [0.15, 0.2) is 35.0 Å². The number of amides is 2. The average Bonchev–Trinajstić information content (AvgIpc) is 3.31. The van der Waals surface area contributed by atoms with Gasteiger partial charge in [-0.1, -0.05) is 17.3 Å². The molecule has 0 unspecified atom stereocenters. The molecule has 1 saturated carbocycles. The lowest BCUT2D eigenvalue weighted by Crippen LogP contribution is -2.43. The van der Waals surface area contributed by atoms with E-state index >= 15 is 0 Å². The molecular formula is C20H22FN3O3. The highest BCUT2D eigenvalue weighted by atomic mass is 19.1. The van der Waals surface area contributed by atoms with Gasteiger partial charge >= 0.3 is 0 Å². The van der Waals surface area contributed by atoms with Gasteiger partial charge in [-0.05, 0) is 43.9 Å². The van der Waals surface area contributed by atoms with Gasteiger partial charge in [-0.25, -0.2) is 4.39 Å². The summed E-state index contributed by atoms with van der Waals surface area (Å²) in [6.07, 6.45) is 3.56. The molecule has 2 atom stereocenters. The number of carbonyl (C=O) groups excluding carboxylic acids is 2. The number of nitrogens with one attached hydrogen (secondary N) is 1. The van der Waals surface area contributed by atoms with Crippen LogP contribution in [-0.2, 0) is 4.79 Å². The number of aryl methyl sites for hydroxylation is 1. The van der Waals surface area contributed by atoms with Crippen molar-refractivity contribution in [2.45, 2.75) is 38.1 Å². The number of rotatable bonds is 4. The van der Waals surface area contributed by atoms with E-state index in [2.05, 4.69) is 10.5 Å². The van der Waals surface area contributed by atoms with Crippen molar-refractivity contribution in [3.63, 3.8) is 0 Å². The fraction of sp³-hybridized carbons (Fsp3) is 0.450. The van der Waals surface area contributed by atoms with Crippen molar-refractivity contribution < 1.29 is 18.5 Å². The van der Waals surface area contributed by atoms with E-state index in [1.807, 2.05) is 6.07 Å². The van der Waals surface area contributed by atoms with Gasteiger partial charge in [-0.3, -0.25) is 9.59 Å². The van der Waals surface area contributed by atoms with Crippen LogP contribution in [0.1, 0.15) is 46.9 Å². The van der Waals surface area contributed by atoms with Gasteiger partial charge in [0.05, 0.1) is 6.20 Å². The van der Waals surface area contributed by atoms with Gasteiger partial charge in [0.25, 0.3) is 5.91 Å². The minimum atomic E-state index is -0.246. The summed E-state index contributed by atoms with van der Waals surface area (Å²) in [5.41, 5.74) is 1.42. The Morgan fingerprint density at radius 1 is 1.30 bits per heavy atom. The van der Waals surface area contributed by atoms with E-state index < -0.39 is 0 Å². The van der Waals surface area contributed by atoms with Gasteiger partial charge in [0.1, 0.15) is 17.1 Å². The summed E-state index contributed by atoms with van der Waals surface area (Å²) in [5.74, 6) is 0.309. The standard InChI is InChI=1S/C20H22FN3O3/c1-12-17(11-22-27-12)20(26)24-7-5-13(6-8-24)19(25)23-18-10-16(18)14-3-2-4-15(21)9-14/h2-4,9,11,13,16,18H,5-8,10H2,1H3,(H,23,25)/t16-,18-/m0/s1. The summed E-state index contributed by atoms with van der Waals surface area (Å²) < 4.78 is 18.3. The lowest BCUT2D eigenvalue weighted by Gasteiger charge is -2.31. The number of aromatic nitrogens is 1. The molecule has 2 amide bonds. The zero-order valence-electron chi connectivity index (χ0n) is 15.2. The number of benzene rings is 1. The first-order valence-electron chi connectivity index (χ1n) is 9.29. The molecule has 1 aromatic carbocycles. The summed E-state index contributed by atoms with van der Waals surface area (Å²) in [6, 6.07) is 6.64. The Balaban J connectivity index is 1.27. The number of nitrogens with zero attached hydrogens (tertiary/aromatic N) is 2. The normalized spacial score (nSPS) is 22.5. The predicted molar refractivity (Wildman–Crippen MR) is 95.6 cm³/mol. The number of likely N-dealkylation sites (tertiary alicyclic amines) is 1. The minimum Gasteiger partial charge on any atom is -0.361 e. The van der Waals surface area contributed by atoms with E-state index in [0.29, 0.717) is 37.3 Å². The maximum atomic E-state index is 13.3. The lowest BCUT2D eigenvalue weighted by atomic mass is 9.95. The summed E-state index contributed by atoms with van der Waals surface area (Å²) in [4.78, 5) is 26.8. The van der Waals surface area contributed by atoms with Crippen LogP contribution in [0.25, 0.3) is 0 Å². The van der Waals surface area contributed by atoms with Gasteiger partial charge in [-0.15, -0.1) is 0 Å². The van der Waals surface area contributed by atoms with Crippen LogP contribution < -0.4 is 5.32 Å². The molecule has 0 bridgehead atoms. The van der Waals surface area contributed by atoms with Gasteiger partial charge in [0.15, 0.2) is 0 Å². The Kier molecular flexibility index (Phi) is 4.68. The molecule has 2 fully saturated rings. The first-order valence-corrected chi connectivity index (χ1v) is 9.29. The molecule has 0 spiro atoms. The van der Waals surface area contributed by atoms with Gasteiger partial charge in [0, 0.05) is 31.0 Å². The molecule has 2 aromatic rings. The Morgan fingerprint density at radius 2 is 2.07 bits per heavy atom. The summed E-state index contributed by atoms with van der Waals surface area (Å²) in [6.45, 7) is 2.80. The number of hydrogen-bond acceptors (Lipinski definition) is 4. The number of carbonyl (C=O) groups is 2. The minimum absolute atomic E-state index is 0.0344. The van der Waals surface area contributed by atoms with Crippen molar-refractivity contribution in [3.05, 3.63) is 53.2 Å². The molecule has 7 heteroatoms. The highest BCUT2D eigenvalue weighted by Crippen LogP contribution is 2.41. The van der Waals surface area contributed by atoms with Crippen molar-refractivity contribution in [2.24, 2.45) is 5.92 Å². The zero-order chi connectivity index (χ0) is 19.0. The second-order valence-electron chi connectivity index (χ2n) is 7.37. The second kappa shape index (κ2) is 7.13. The van der Waals surface area contributed by atoms with E-state index in [1.165, 1.54) is 18.3 Å². The molecule has 6 nitrogen and oxygen atoms in total. The zero-order valence-corrected chi connectivity index (χ0v) is 15.2. The van der Waals surface area contributed by atoms with Crippen molar-refractivity contribution in [1.82, 2.24) is 15.4 Å². The SMILES string of the molecule is Cc1oncc1C(=O)N1CCC(C(=O)N[C@H]2C[C@H]2c2cccc(F)c2)CC1. The Labute approximate surface area is 156 Å². The van der Waals surface area contributed by atoms with Crippen LogP contribution in [0, 0.1) is 18.7 Å². The smallest absolute Gasteiger partial charge is 0.259 e. The van der Waals surface area contributed by atoms with Crippen LogP contribution in [0.2, 0.25) is 0 Å². The molecule has 0 radical (unpaired) electrons. The van der Waals surface area contributed by atoms with E-state index in [-0.39, 0.29) is 35.5 Å². The quantitative estimate of drug-likeness (QED) is 0.897. The molecule has 142 valence electrons. The number of halogens is 1. The van der Waals surface area contributed by atoms with Gasteiger partial charge in [0.2, 0.25) is 5.91 Å². The summed E-state index contributed by atoms with van der Waals surface area (Å²) in [7, 11) is 0. The van der Waals surface area contributed by atoms with Crippen LogP contribution in [0.4, 0.5) is 4.39 Å². The average molecular weight is 371 g/mol. The van der Waals surface area contributed by atoms with Crippen LogP contribution in [0.3, 0.4) is 0 Å². The molecule has 1 saturated heterocycles. The third-order valence-electron chi connectivity index (χ3n) is 5.53. The molecule has 4 rings (SSSR count). The maximum Gasteiger partial charge on any atom is 0.259 e. The Bertz CT molecular complexity index is 858. The van der Waals surface area contributed by atoms with E-state index in [0.717, 1.165) is 12.0 Å². The maximum absolute atomic E-state index is 13.3. The van der Waals surface area contributed by atoms with E-state index in [4.69, 9.17) is 4.52 Å². The third-order valence-corrected chi connectivity index (χ3v) is 5.53. The second-order valence-corrected chi connectivity index (χ2v) is 7.37. The lowest BCUT2D eigenvalue weighted by molar-refractivity contribution is -0.126. The summed E-state index contributed by atoms with van der Waals surface area (Å²) in [5, 5.41) is 6.73. The number of hydrogen-bond donors (Lipinski definition) is 1. The fourth-order valence-electron chi connectivity index (χ4n) is 3.78. The van der Waals surface area contributed by atoms with E-state index in [9.17, 15) is 14.0 Å². The molecule has 27 heavy (non-hydrogen) atoms. The summed E-state index contributed by atoms with van der Waals surface area (Å²) >= 11 is 0. The van der Waals surface area contributed by atoms with Gasteiger partial charge < -0.3 is 14.7 Å². The first kappa shape index (κ1) is 17.7. The molecule has 1 aliphatic heterocycles. The third kappa shape index (κ3) is 3.72. The molecule has 1 aliphatic carbocycles. The van der Waals surface area contributed by atoms with Crippen LogP contribution >= 0.6 is 0 Å². The van der Waals surface area contributed by atoms with Crippen LogP contribution in [-0.4, -0.2) is 41.0 Å². The Hall–Kier alpha value is -2.70. The predicted octanol–water partition coefficient (Wildman–Crippen LogP) is 2.65. The molecule has 1 aromatic heterocycles. The van der Waals surface area contributed by atoms with Crippen LogP contribution in [0.5, 0.6) is 0 Å². The molecule has 1 N–H and O–H groups in total. The van der Waals surface area contributed by atoms with Crippen molar-refractivity contribution in [1.29, 1.82) is 0 Å². The molecular weight excluding hydrogens is 349 g/mol. The topological polar surface area (TPSA) is 75.4 Å². The largest absolute Gasteiger partial charge is 0.361 e. The van der Waals surface area contributed by atoms with Crippen molar-refractivity contribution in [2.75, 3.05) is 13.1 Å². The van der Waals surface area contributed by atoms with Gasteiger partial charge in [-0.2, -0.15) is 0 Å². The van der Waals surface area contributed by atoms with Crippen molar-refractivity contribution in [3.8, 4) is 0 Å². The highest BCUT2D eigenvalue weighted by molar-refractivity contribution is 5.95. The fourth-order valence-corrected chi connectivity index (χ4v) is 3.78. The molecule has 2 heterocycles.